The van der Waals surface area contributed by atoms with Crippen molar-refractivity contribution in [3.8, 4) is 6.07 Å². The fourth-order valence-electron chi connectivity index (χ4n) is 1.58. The van der Waals surface area contributed by atoms with Crippen molar-refractivity contribution in [2.75, 3.05) is 5.32 Å². The van der Waals surface area contributed by atoms with Gasteiger partial charge in [-0.1, -0.05) is 12.1 Å². The number of amides is 1. The first-order valence-corrected chi connectivity index (χ1v) is 6.40. The quantitative estimate of drug-likeness (QED) is 0.840. The Morgan fingerprint density at radius 2 is 1.84 bits per heavy atom. The van der Waals surface area contributed by atoms with E-state index < -0.39 is 0 Å². The molecule has 0 atom stereocenters. The first-order chi connectivity index (χ1) is 9.24. The number of nitrogens with one attached hydrogen (secondary N) is 1. The van der Waals surface area contributed by atoms with Crippen molar-refractivity contribution in [2.24, 2.45) is 5.14 Å². The van der Waals surface area contributed by atoms with Crippen molar-refractivity contribution in [2.45, 2.75) is 4.90 Å². The number of carbonyl (C=O) groups excluding carboxylic acids is 1. The van der Waals surface area contributed by atoms with Gasteiger partial charge in [0.2, 0.25) is 0 Å². The minimum absolute atomic E-state index is 0.224. The SMILES string of the molecule is N#Cc1ccc(NC(=O)c2ccccc2SN)cc1. The van der Waals surface area contributed by atoms with Crippen LogP contribution in [0, 0.1) is 11.3 Å². The Hall–Kier alpha value is -2.29. The summed E-state index contributed by atoms with van der Waals surface area (Å²) in [5.41, 5.74) is 1.72. The van der Waals surface area contributed by atoms with Gasteiger partial charge in [0.1, 0.15) is 0 Å². The summed E-state index contributed by atoms with van der Waals surface area (Å²) in [6.45, 7) is 0. The molecule has 5 heteroatoms. The zero-order valence-corrected chi connectivity index (χ0v) is 10.8. The number of hydrogen-bond acceptors (Lipinski definition) is 4. The molecule has 0 aromatic heterocycles. The number of nitrogens with two attached hydrogens (primary N) is 1. The second-order valence-electron chi connectivity index (χ2n) is 3.76. The molecule has 0 saturated carbocycles. The van der Waals surface area contributed by atoms with E-state index in [4.69, 9.17) is 10.4 Å². The summed E-state index contributed by atoms with van der Waals surface area (Å²) >= 11 is 1.04. The highest BCUT2D eigenvalue weighted by atomic mass is 32.2. The molecule has 0 unspecified atom stereocenters. The monoisotopic (exact) mass is 269 g/mol. The topological polar surface area (TPSA) is 78.9 Å². The first-order valence-electron chi connectivity index (χ1n) is 5.52. The van der Waals surface area contributed by atoms with Gasteiger partial charge in [0, 0.05) is 10.6 Å². The van der Waals surface area contributed by atoms with Crippen molar-refractivity contribution < 1.29 is 4.79 Å². The number of carbonyl (C=O) groups is 1. The number of nitriles is 1. The van der Waals surface area contributed by atoms with Crippen LogP contribution in [-0.2, 0) is 0 Å². The number of nitrogens with zero attached hydrogens (tertiary/aromatic N) is 1. The van der Waals surface area contributed by atoms with Crippen molar-refractivity contribution in [3.63, 3.8) is 0 Å². The Bertz CT molecular complexity index is 632. The third-order valence-corrected chi connectivity index (χ3v) is 3.14. The van der Waals surface area contributed by atoms with Gasteiger partial charge in [-0.3, -0.25) is 9.93 Å². The van der Waals surface area contributed by atoms with Crippen LogP contribution in [0.2, 0.25) is 0 Å². The number of benzene rings is 2. The summed E-state index contributed by atoms with van der Waals surface area (Å²) in [4.78, 5) is 12.8. The lowest BCUT2D eigenvalue weighted by Crippen LogP contribution is -2.13. The standard InChI is InChI=1S/C14H11N3OS/c15-9-10-5-7-11(8-6-10)17-14(18)12-3-1-2-4-13(12)19-16/h1-8H,16H2,(H,17,18). The summed E-state index contributed by atoms with van der Waals surface area (Å²) in [6, 6.07) is 15.8. The van der Waals surface area contributed by atoms with Gasteiger partial charge in [-0.25, -0.2) is 0 Å². The van der Waals surface area contributed by atoms with Gasteiger partial charge in [0.15, 0.2) is 0 Å². The molecule has 3 N–H and O–H groups in total. The summed E-state index contributed by atoms with van der Waals surface area (Å²) in [7, 11) is 0. The van der Waals surface area contributed by atoms with Gasteiger partial charge in [-0.2, -0.15) is 5.26 Å². The molecule has 0 spiro atoms. The van der Waals surface area contributed by atoms with Crippen molar-refractivity contribution in [3.05, 3.63) is 59.7 Å². The van der Waals surface area contributed by atoms with E-state index in [0.29, 0.717) is 21.7 Å². The maximum absolute atomic E-state index is 12.1. The zero-order chi connectivity index (χ0) is 13.7. The van der Waals surface area contributed by atoms with Gasteiger partial charge < -0.3 is 5.32 Å². The van der Waals surface area contributed by atoms with Crippen molar-refractivity contribution in [1.29, 1.82) is 5.26 Å². The number of hydrogen-bond donors (Lipinski definition) is 2. The smallest absolute Gasteiger partial charge is 0.256 e. The highest BCUT2D eigenvalue weighted by Crippen LogP contribution is 2.19. The largest absolute Gasteiger partial charge is 0.322 e. The molecule has 2 aromatic carbocycles. The van der Waals surface area contributed by atoms with Crippen LogP contribution in [0.5, 0.6) is 0 Å². The highest BCUT2D eigenvalue weighted by Gasteiger charge is 2.10. The van der Waals surface area contributed by atoms with E-state index in [1.165, 1.54) is 0 Å². The Balaban J connectivity index is 2.18. The maximum Gasteiger partial charge on any atom is 0.256 e. The molecule has 0 aliphatic heterocycles. The van der Waals surface area contributed by atoms with E-state index in [9.17, 15) is 4.79 Å². The van der Waals surface area contributed by atoms with Crippen LogP contribution in [-0.4, -0.2) is 5.91 Å². The van der Waals surface area contributed by atoms with Crippen LogP contribution in [0.25, 0.3) is 0 Å². The molecule has 0 aliphatic rings. The van der Waals surface area contributed by atoms with E-state index in [1.54, 1.807) is 42.5 Å². The van der Waals surface area contributed by atoms with Crippen LogP contribution in [0.15, 0.2) is 53.4 Å². The molecule has 0 saturated heterocycles. The van der Waals surface area contributed by atoms with E-state index in [0.717, 1.165) is 11.9 Å². The third kappa shape index (κ3) is 3.13. The fraction of sp³-hybridized carbons (Fsp3) is 0. The van der Waals surface area contributed by atoms with Crippen LogP contribution >= 0.6 is 11.9 Å². The Morgan fingerprint density at radius 3 is 2.47 bits per heavy atom. The summed E-state index contributed by atoms with van der Waals surface area (Å²) in [6.07, 6.45) is 0. The molecule has 0 aliphatic carbocycles. The summed E-state index contributed by atoms with van der Waals surface area (Å²) in [5.74, 6) is -0.224. The van der Waals surface area contributed by atoms with E-state index in [2.05, 4.69) is 5.32 Å². The Labute approximate surface area is 115 Å². The minimum atomic E-state index is -0.224. The second-order valence-corrected chi connectivity index (χ2v) is 4.43. The van der Waals surface area contributed by atoms with Crippen LogP contribution < -0.4 is 10.5 Å². The average molecular weight is 269 g/mol. The predicted molar refractivity (Wildman–Crippen MR) is 75.6 cm³/mol. The highest BCUT2D eigenvalue weighted by molar-refractivity contribution is 7.97. The third-order valence-electron chi connectivity index (χ3n) is 2.53. The van der Waals surface area contributed by atoms with Crippen molar-refractivity contribution in [1.82, 2.24) is 0 Å². The maximum atomic E-state index is 12.1. The molecule has 1 amide bonds. The minimum Gasteiger partial charge on any atom is -0.322 e. The molecule has 94 valence electrons. The molecule has 4 nitrogen and oxygen atoms in total. The molecular formula is C14H11N3OS. The second kappa shape index (κ2) is 6.05. The van der Waals surface area contributed by atoms with Gasteiger partial charge in [-0.05, 0) is 48.3 Å². The molecule has 2 aromatic rings. The molecule has 0 bridgehead atoms. The normalized spacial score (nSPS) is 9.68. The van der Waals surface area contributed by atoms with Crippen molar-refractivity contribution >= 4 is 23.5 Å². The molecule has 19 heavy (non-hydrogen) atoms. The predicted octanol–water partition coefficient (Wildman–Crippen LogP) is 2.78. The lowest BCUT2D eigenvalue weighted by Gasteiger charge is -2.08. The van der Waals surface area contributed by atoms with Gasteiger partial charge in [0.05, 0.1) is 17.2 Å². The number of rotatable bonds is 3. The Kier molecular flexibility index (Phi) is 4.18. The molecule has 0 heterocycles. The van der Waals surface area contributed by atoms with Gasteiger partial charge in [-0.15, -0.1) is 0 Å². The molecular weight excluding hydrogens is 258 g/mol. The Morgan fingerprint density at radius 1 is 1.16 bits per heavy atom. The van der Waals surface area contributed by atoms with Gasteiger partial charge in [0.25, 0.3) is 5.91 Å². The molecule has 0 radical (unpaired) electrons. The van der Waals surface area contributed by atoms with Crippen LogP contribution in [0.1, 0.15) is 15.9 Å². The average Bonchev–Trinajstić information content (AvgIpc) is 2.48. The summed E-state index contributed by atoms with van der Waals surface area (Å²) in [5, 5.41) is 17.0. The first kappa shape index (κ1) is 13.1. The molecule has 0 fully saturated rings. The lowest BCUT2D eigenvalue weighted by molar-refractivity contribution is 0.102. The van der Waals surface area contributed by atoms with E-state index >= 15 is 0 Å². The van der Waals surface area contributed by atoms with E-state index in [1.807, 2.05) is 12.1 Å². The van der Waals surface area contributed by atoms with E-state index in [-0.39, 0.29) is 5.91 Å². The lowest BCUT2D eigenvalue weighted by atomic mass is 10.2. The number of anilines is 1. The fourth-order valence-corrected chi connectivity index (χ4v) is 2.03. The van der Waals surface area contributed by atoms with Crippen LogP contribution in [0.3, 0.4) is 0 Å². The summed E-state index contributed by atoms with van der Waals surface area (Å²) < 4.78 is 0. The van der Waals surface area contributed by atoms with Gasteiger partial charge >= 0.3 is 0 Å². The molecule has 2 rings (SSSR count). The zero-order valence-electron chi connectivity index (χ0n) is 9.96. The van der Waals surface area contributed by atoms with Crippen LogP contribution in [0.4, 0.5) is 5.69 Å².